The maximum absolute atomic E-state index is 5.19. The monoisotopic (exact) mass is 781 g/mol. The van der Waals surface area contributed by atoms with E-state index in [2.05, 4.69) is 152 Å². The van der Waals surface area contributed by atoms with Crippen LogP contribution in [0.4, 0.5) is 0 Å². The molecular formula is C54H35N7. The van der Waals surface area contributed by atoms with Crippen LogP contribution in [0.1, 0.15) is 0 Å². The molecule has 7 heteroatoms. The van der Waals surface area contributed by atoms with Gasteiger partial charge >= 0.3 is 0 Å². The van der Waals surface area contributed by atoms with Crippen LogP contribution in [0.3, 0.4) is 0 Å². The Morgan fingerprint density at radius 1 is 0.295 bits per heavy atom. The molecule has 0 atom stereocenters. The topological polar surface area (TPSA) is 82.3 Å². The van der Waals surface area contributed by atoms with E-state index in [-0.39, 0.29) is 0 Å². The van der Waals surface area contributed by atoms with Gasteiger partial charge in [0.25, 0.3) is 0 Å². The van der Waals surface area contributed by atoms with Crippen LogP contribution in [-0.2, 0) is 0 Å². The Balaban J connectivity index is 0.948. The molecule has 286 valence electrons. The highest BCUT2D eigenvalue weighted by atomic mass is 15.0. The zero-order valence-electron chi connectivity index (χ0n) is 32.8. The largest absolute Gasteiger partial charge is 0.309 e. The van der Waals surface area contributed by atoms with Gasteiger partial charge in [0.1, 0.15) is 0 Å². The molecular weight excluding hydrogens is 747 g/mol. The van der Waals surface area contributed by atoms with Crippen LogP contribution in [0.2, 0.25) is 0 Å². The Morgan fingerprint density at radius 3 is 1.39 bits per heavy atom. The van der Waals surface area contributed by atoms with Crippen molar-refractivity contribution in [3.05, 3.63) is 213 Å². The van der Waals surface area contributed by atoms with Gasteiger partial charge in [-0.25, -0.2) is 4.98 Å². The van der Waals surface area contributed by atoms with E-state index in [1.165, 1.54) is 0 Å². The maximum atomic E-state index is 5.19. The van der Waals surface area contributed by atoms with Gasteiger partial charge in [-0.1, -0.05) is 78.9 Å². The van der Waals surface area contributed by atoms with Crippen LogP contribution >= 0.6 is 0 Å². The highest BCUT2D eigenvalue weighted by Gasteiger charge is 2.15. The van der Waals surface area contributed by atoms with Gasteiger partial charge in [0.2, 0.25) is 0 Å². The van der Waals surface area contributed by atoms with E-state index in [1.807, 2.05) is 67.5 Å². The number of benzene rings is 4. The summed E-state index contributed by atoms with van der Waals surface area (Å²) < 4.78 is 2.32. The summed E-state index contributed by atoms with van der Waals surface area (Å²) in [4.78, 5) is 27.4. The Labute approximate surface area is 352 Å². The van der Waals surface area contributed by atoms with Gasteiger partial charge in [-0.05, 0) is 123 Å². The molecule has 11 rings (SSSR count). The number of fused-ring (bicyclic) bond motifs is 3. The highest BCUT2D eigenvalue weighted by molar-refractivity contribution is 6.10. The van der Waals surface area contributed by atoms with Crippen molar-refractivity contribution < 1.29 is 0 Å². The predicted octanol–water partition coefficient (Wildman–Crippen LogP) is 12.8. The molecule has 0 aliphatic heterocycles. The normalized spacial score (nSPS) is 11.3. The van der Waals surface area contributed by atoms with Crippen molar-refractivity contribution in [3.63, 3.8) is 0 Å². The first-order valence-corrected chi connectivity index (χ1v) is 20.1. The van der Waals surface area contributed by atoms with Crippen LogP contribution in [-0.4, -0.2) is 34.5 Å². The lowest BCUT2D eigenvalue weighted by atomic mass is 9.97. The zero-order chi connectivity index (χ0) is 40.5. The van der Waals surface area contributed by atoms with E-state index in [4.69, 9.17) is 9.97 Å². The minimum Gasteiger partial charge on any atom is -0.309 e. The van der Waals surface area contributed by atoms with Crippen molar-refractivity contribution >= 4 is 21.8 Å². The number of pyridine rings is 6. The lowest BCUT2D eigenvalue weighted by Crippen LogP contribution is -1.94. The molecule has 0 saturated heterocycles. The minimum atomic E-state index is 0.848. The zero-order valence-corrected chi connectivity index (χ0v) is 32.8. The first-order valence-electron chi connectivity index (χ1n) is 20.1. The third kappa shape index (κ3) is 6.90. The highest BCUT2D eigenvalue weighted by Crippen LogP contribution is 2.37. The Bertz CT molecular complexity index is 3190. The number of rotatable bonds is 8. The summed E-state index contributed by atoms with van der Waals surface area (Å²) in [5.74, 6) is 0. The summed E-state index contributed by atoms with van der Waals surface area (Å²) in [6, 6.07) is 55.3. The first kappa shape index (κ1) is 35.7. The summed E-state index contributed by atoms with van der Waals surface area (Å²) >= 11 is 0. The van der Waals surface area contributed by atoms with E-state index in [1.54, 1.807) is 18.6 Å². The maximum Gasteiger partial charge on any atom is 0.0731 e. The molecule has 11 aromatic rings. The summed E-state index contributed by atoms with van der Waals surface area (Å²) in [6.07, 6.45) is 16.7. The Hall–Kier alpha value is -8.42. The Morgan fingerprint density at radius 2 is 0.787 bits per heavy atom. The van der Waals surface area contributed by atoms with E-state index in [0.717, 1.165) is 106 Å². The van der Waals surface area contributed by atoms with Gasteiger partial charge in [0.05, 0.1) is 28.1 Å². The average molecular weight is 782 g/mol. The van der Waals surface area contributed by atoms with Crippen molar-refractivity contribution in [1.82, 2.24) is 34.5 Å². The van der Waals surface area contributed by atoms with Gasteiger partial charge < -0.3 is 4.57 Å². The lowest BCUT2D eigenvalue weighted by Gasteiger charge is -2.12. The molecule has 7 nitrogen and oxygen atoms in total. The van der Waals surface area contributed by atoms with Crippen LogP contribution in [0.5, 0.6) is 0 Å². The van der Waals surface area contributed by atoms with Crippen LogP contribution in [0.25, 0.3) is 106 Å². The van der Waals surface area contributed by atoms with Gasteiger partial charge in [0.15, 0.2) is 0 Å². The quantitative estimate of drug-likeness (QED) is 0.153. The standard InChI is InChI=1S/C54H35N7/c1-4-42(31-55-24-1)37-11-13-40(14-12-37)51-29-46(30-52(60-51)45-17-21-50(59-34-45)44-6-3-26-57-33-44)39-9-7-36(8-10-39)41-18-22-53-48(28-41)49-35-58-27-23-54(49)61(53)47-19-15-38(16-20-47)43-5-2-25-56-32-43/h1-35H. The molecule has 0 aliphatic carbocycles. The fourth-order valence-corrected chi connectivity index (χ4v) is 8.11. The predicted molar refractivity (Wildman–Crippen MR) is 246 cm³/mol. The van der Waals surface area contributed by atoms with Gasteiger partial charge in [-0.2, -0.15) is 0 Å². The number of hydrogen-bond acceptors (Lipinski definition) is 6. The molecule has 0 fully saturated rings. The van der Waals surface area contributed by atoms with Crippen molar-refractivity contribution in [2.24, 2.45) is 0 Å². The van der Waals surface area contributed by atoms with Crippen molar-refractivity contribution in [2.75, 3.05) is 0 Å². The molecule has 0 spiro atoms. The molecule has 0 unspecified atom stereocenters. The second kappa shape index (κ2) is 15.4. The molecule has 0 N–H and O–H groups in total. The molecule has 61 heavy (non-hydrogen) atoms. The van der Waals surface area contributed by atoms with Crippen LogP contribution in [0, 0.1) is 0 Å². The van der Waals surface area contributed by atoms with Crippen molar-refractivity contribution in [2.45, 2.75) is 0 Å². The molecule has 4 aromatic carbocycles. The third-order valence-electron chi connectivity index (χ3n) is 11.3. The number of nitrogens with zero attached hydrogens (tertiary/aromatic N) is 7. The van der Waals surface area contributed by atoms with E-state index in [0.29, 0.717) is 0 Å². The molecule has 0 aliphatic rings. The van der Waals surface area contributed by atoms with E-state index in [9.17, 15) is 0 Å². The first-order chi connectivity index (χ1) is 30.2. The van der Waals surface area contributed by atoms with E-state index < -0.39 is 0 Å². The second-order valence-corrected chi connectivity index (χ2v) is 14.9. The minimum absolute atomic E-state index is 0.848. The van der Waals surface area contributed by atoms with Gasteiger partial charge in [0, 0.05) is 88.9 Å². The second-order valence-electron chi connectivity index (χ2n) is 14.9. The third-order valence-corrected chi connectivity index (χ3v) is 11.3. The summed E-state index contributed by atoms with van der Waals surface area (Å²) in [5.41, 5.74) is 17.7. The van der Waals surface area contributed by atoms with Crippen molar-refractivity contribution in [3.8, 4) is 84.0 Å². The van der Waals surface area contributed by atoms with E-state index >= 15 is 0 Å². The lowest BCUT2D eigenvalue weighted by molar-refractivity contribution is 1.17. The summed E-state index contributed by atoms with van der Waals surface area (Å²) in [6.45, 7) is 0. The molecule has 0 bridgehead atoms. The Kier molecular flexibility index (Phi) is 9.02. The molecule has 7 aromatic heterocycles. The fourth-order valence-electron chi connectivity index (χ4n) is 8.11. The SMILES string of the molecule is c1cncc(-c2ccc(-c3cc(-c4ccc(-c5ccc6c(c5)c5cnccc5n6-c5ccc(-c6cccnc6)cc5)cc4)cc(-c4ccc(-c5cccnc5)nc4)n3)cc2)c1. The summed E-state index contributed by atoms with van der Waals surface area (Å²) in [5, 5.41) is 2.27. The van der Waals surface area contributed by atoms with Crippen molar-refractivity contribution in [1.29, 1.82) is 0 Å². The molecule has 0 radical (unpaired) electrons. The number of hydrogen-bond donors (Lipinski definition) is 0. The molecule has 0 saturated carbocycles. The fraction of sp³-hybridized carbons (Fsp3) is 0. The summed E-state index contributed by atoms with van der Waals surface area (Å²) in [7, 11) is 0. The molecule has 7 heterocycles. The van der Waals surface area contributed by atoms with Crippen LogP contribution in [0.15, 0.2) is 213 Å². The van der Waals surface area contributed by atoms with Gasteiger partial charge in [-0.15, -0.1) is 0 Å². The smallest absolute Gasteiger partial charge is 0.0731 e. The van der Waals surface area contributed by atoms with Gasteiger partial charge in [-0.3, -0.25) is 24.9 Å². The molecule has 0 amide bonds. The van der Waals surface area contributed by atoms with Crippen LogP contribution < -0.4 is 0 Å². The average Bonchev–Trinajstić information content (AvgIpc) is 3.68. The number of aromatic nitrogens is 7.